The third-order valence-corrected chi connectivity index (χ3v) is 1.08. The second kappa shape index (κ2) is 2.56. The summed E-state index contributed by atoms with van der Waals surface area (Å²) in [4.78, 5) is 0. The Kier molecular flexibility index (Phi) is 1.73. The lowest BCUT2D eigenvalue weighted by Gasteiger charge is -2.00. The van der Waals surface area contributed by atoms with E-state index in [9.17, 15) is 0 Å². The van der Waals surface area contributed by atoms with Gasteiger partial charge in [0.2, 0.25) is 0 Å². The van der Waals surface area contributed by atoms with E-state index in [1.807, 2.05) is 30.3 Å². The molecule has 1 heteroatoms. The molecule has 0 aliphatic rings. The Bertz CT molecular complexity index is 146. The maximum Gasteiger partial charge on any atom is -0.0621 e. The van der Waals surface area contributed by atoms with Gasteiger partial charge in [-0.2, -0.15) is 0 Å². The predicted octanol–water partition coefficient (Wildman–Crippen LogP) is 1.36. The van der Waals surface area contributed by atoms with Crippen LogP contribution in [0, 0.1) is 0 Å². The van der Waals surface area contributed by atoms with Crippen molar-refractivity contribution >= 4 is 7.85 Å². The molecule has 0 N–H and O–H groups in total. The van der Waals surface area contributed by atoms with Crippen molar-refractivity contribution < 1.29 is 0 Å². The van der Waals surface area contributed by atoms with Gasteiger partial charge >= 0.3 is 0 Å². The van der Waals surface area contributed by atoms with Crippen LogP contribution in [-0.2, 0) is 6.32 Å². The molecular weight excluding hydrogens is 94.9 g/mol. The standard InChI is InChI=1S/C7H7B/c8-6-7-4-2-1-3-5-7/h1-5H,6H2/q-1. The Morgan fingerprint density at radius 1 is 1.12 bits per heavy atom. The molecule has 0 aliphatic heterocycles. The van der Waals surface area contributed by atoms with E-state index in [2.05, 4.69) is 0 Å². The molecule has 0 saturated heterocycles. The average Bonchev–Trinajstić information content (AvgIpc) is 1.90. The van der Waals surface area contributed by atoms with Gasteiger partial charge in [-0.05, 0) is 0 Å². The fourth-order valence-corrected chi connectivity index (χ4v) is 0.614. The third kappa shape index (κ3) is 1.13. The minimum absolute atomic E-state index is 0.640. The molecule has 0 aromatic heterocycles. The van der Waals surface area contributed by atoms with Crippen molar-refractivity contribution in [1.29, 1.82) is 0 Å². The summed E-state index contributed by atoms with van der Waals surface area (Å²) >= 11 is 0. The number of rotatable bonds is 1. The highest BCUT2D eigenvalue weighted by atomic mass is 13.8. The average molecular weight is 102 g/mol. The van der Waals surface area contributed by atoms with Gasteiger partial charge in [0.05, 0.1) is 0 Å². The van der Waals surface area contributed by atoms with Crippen molar-refractivity contribution in [2.24, 2.45) is 0 Å². The van der Waals surface area contributed by atoms with Gasteiger partial charge < -0.3 is 7.85 Å². The van der Waals surface area contributed by atoms with Crippen LogP contribution in [-0.4, -0.2) is 7.85 Å². The van der Waals surface area contributed by atoms with Crippen molar-refractivity contribution in [3.8, 4) is 0 Å². The monoisotopic (exact) mass is 102 g/mol. The minimum atomic E-state index is 0.640. The first-order valence-corrected chi connectivity index (χ1v) is 2.67. The predicted molar refractivity (Wildman–Crippen MR) is 35.9 cm³/mol. The van der Waals surface area contributed by atoms with Gasteiger partial charge in [-0.15, -0.1) is 0 Å². The quantitative estimate of drug-likeness (QED) is 0.469. The topological polar surface area (TPSA) is 0 Å². The van der Waals surface area contributed by atoms with Crippen LogP contribution < -0.4 is 0 Å². The van der Waals surface area contributed by atoms with E-state index in [1.165, 1.54) is 5.56 Å². The summed E-state index contributed by atoms with van der Waals surface area (Å²) in [5.41, 5.74) is 1.19. The van der Waals surface area contributed by atoms with Crippen molar-refractivity contribution in [2.45, 2.75) is 6.32 Å². The zero-order chi connectivity index (χ0) is 5.82. The van der Waals surface area contributed by atoms with Crippen LogP contribution >= 0.6 is 0 Å². The second-order valence-electron chi connectivity index (χ2n) is 1.69. The molecule has 8 heavy (non-hydrogen) atoms. The Morgan fingerprint density at radius 2 is 1.75 bits per heavy atom. The van der Waals surface area contributed by atoms with Crippen molar-refractivity contribution in [3.63, 3.8) is 0 Å². The first-order chi connectivity index (χ1) is 3.93. The molecule has 0 bridgehead atoms. The molecule has 0 aliphatic carbocycles. The molecule has 0 heterocycles. The van der Waals surface area contributed by atoms with Crippen LogP contribution in [0.3, 0.4) is 0 Å². The first kappa shape index (κ1) is 5.42. The summed E-state index contributed by atoms with van der Waals surface area (Å²) in [6, 6.07) is 9.99. The summed E-state index contributed by atoms with van der Waals surface area (Å²) in [5, 5.41) is 0. The van der Waals surface area contributed by atoms with Crippen LogP contribution in [0.15, 0.2) is 30.3 Å². The summed E-state index contributed by atoms with van der Waals surface area (Å²) in [6.45, 7) is 0. The van der Waals surface area contributed by atoms with Gasteiger partial charge in [0, 0.05) is 0 Å². The van der Waals surface area contributed by atoms with Crippen LogP contribution in [0.25, 0.3) is 0 Å². The number of hydrogen-bond acceptors (Lipinski definition) is 0. The van der Waals surface area contributed by atoms with Crippen LogP contribution in [0.1, 0.15) is 5.56 Å². The molecule has 3 radical (unpaired) electrons. The Hall–Kier alpha value is -0.715. The second-order valence-corrected chi connectivity index (χ2v) is 1.69. The van der Waals surface area contributed by atoms with E-state index in [0.29, 0.717) is 6.32 Å². The van der Waals surface area contributed by atoms with Crippen molar-refractivity contribution in [2.75, 3.05) is 0 Å². The Balaban J connectivity index is 2.83. The molecule has 1 aromatic carbocycles. The lowest BCUT2D eigenvalue weighted by molar-refractivity contribution is 1.40. The maximum atomic E-state index is 5.35. The van der Waals surface area contributed by atoms with Gasteiger partial charge in [-0.25, -0.2) is 0 Å². The van der Waals surface area contributed by atoms with Gasteiger partial charge in [0.25, 0.3) is 0 Å². The summed E-state index contributed by atoms with van der Waals surface area (Å²) in [7, 11) is 5.35. The van der Waals surface area contributed by atoms with Crippen molar-refractivity contribution in [3.05, 3.63) is 35.9 Å². The molecule has 1 rings (SSSR count). The smallest absolute Gasteiger partial charge is 0.0621 e. The molecular formula is C7H7B-. The zero-order valence-electron chi connectivity index (χ0n) is 4.67. The lowest BCUT2D eigenvalue weighted by atomic mass is 9.97. The van der Waals surface area contributed by atoms with E-state index >= 15 is 0 Å². The van der Waals surface area contributed by atoms with E-state index < -0.39 is 0 Å². The highest BCUT2D eigenvalue weighted by Crippen LogP contribution is 1.95. The highest BCUT2D eigenvalue weighted by molar-refractivity contribution is 6.08. The van der Waals surface area contributed by atoms with Gasteiger partial charge in [-0.1, -0.05) is 35.9 Å². The molecule has 0 saturated carbocycles. The largest absolute Gasteiger partial charge is 0.620 e. The SMILES string of the molecule is [B-]Cc1ccccc1. The summed E-state index contributed by atoms with van der Waals surface area (Å²) < 4.78 is 0. The van der Waals surface area contributed by atoms with Crippen LogP contribution in [0.2, 0.25) is 0 Å². The van der Waals surface area contributed by atoms with E-state index in [1.54, 1.807) is 0 Å². The first-order valence-electron chi connectivity index (χ1n) is 2.67. The molecule has 0 nitrogen and oxygen atoms in total. The van der Waals surface area contributed by atoms with Gasteiger partial charge in [0.15, 0.2) is 0 Å². The van der Waals surface area contributed by atoms with E-state index in [-0.39, 0.29) is 0 Å². The Labute approximate surface area is 50.9 Å². The molecule has 0 fully saturated rings. The molecule has 0 unspecified atom stereocenters. The fourth-order valence-electron chi connectivity index (χ4n) is 0.614. The normalized spacial score (nSPS) is 9.12. The van der Waals surface area contributed by atoms with Crippen LogP contribution in [0.5, 0.6) is 0 Å². The molecule has 0 amide bonds. The fraction of sp³-hybridized carbons (Fsp3) is 0.143. The minimum Gasteiger partial charge on any atom is -0.620 e. The molecule has 0 spiro atoms. The number of hydrogen-bond donors (Lipinski definition) is 0. The Morgan fingerprint density at radius 3 is 2.12 bits per heavy atom. The summed E-state index contributed by atoms with van der Waals surface area (Å²) in [6.07, 6.45) is 0.640. The van der Waals surface area contributed by atoms with Gasteiger partial charge in [-0.3, -0.25) is 6.32 Å². The van der Waals surface area contributed by atoms with E-state index in [0.717, 1.165) is 0 Å². The maximum absolute atomic E-state index is 5.35. The van der Waals surface area contributed by atoms with E-state index in [4.69, 9.17) is 7.85 Å². The number of benzene rings is 1. The zero-order valence-corrected chi connectivity index (χ0v) is 4.67. The van der Waals surface area contributed by atoms with Crippen molar-refractivity contribution in [1.82, 2.24) is 0 Å². The summed E-state index contributed by atoms with van der Waals surface area (Å²) in [5.74, 6) is 0. The molecule has 0 atom stereocenters. The third-order valence-electron chi connectivity index (χ3n) is 1.08. The highest BCUT2D eigenvalue weighted by Gasteiger charge is 1.73. The lowest BCUT2D eigenvalue weighted by Crippen LogP contribution is -1.78. The molecule has 1 aromatic rings. The van der Waals surface area contributed by atoms with Gasteiger partial charge in [0.1, 0.15) is 0 Å². The molecule has 39 valence electrons. The van der Waals surface area contributed by atoms with Crippen LogP contribution in [0.4, 0.5) is 0 Å².